The largest absolute Gasteiger partial charge is 0.573 e. The van der Waals surface area contributed by atoms with E-state index in [4.69, 9.17) is 0 Å². The number of alkyl halides is 5. The Hall–Kier alpha value is -1.80. The predicted octanol–water partition coefficient (Wildman–Crippen LogP) is 2.22. The smallest absolute Gasteiger partial charge is 0.480 e. The van der Waals surface area contributed by atoms with Crippen LogP contribution in [0.3, 0.4) is 0 Å². The summed E-state index contributed by atoms with van der Waals surface area (Å²) in [7, 11) is 0.907. The van der Waals surface area contributed by atoms with Crippen LogP contribution in [-0.4, -0.2) is 18.5 Å². The van der Waals surface area contributed by atoms with E-state index in [2.05, 4.69) is 9.47 Å². The molecule has 1 heterocycles. The normalized spacial score (nSPS) is 11.7. The molecule has 0 aliphatic rings. The Balaban J connectivity index is 3.27. The SMILES string of the molecule is COc1[nH]c(C(F)F)cc(=O)c1OC(F)(F)F. The zero-order valence-corrected chi connectivity index (χ0v) is 8.27. The van der Waals surface area contributed by atoms with Crippen molar-refractivity contribution in [2.45, 2.75) is 12.8 Å². The van der Waals surface area contributed by atoms with Crippen LogP contribution in [0.2, 0.25) is 0 Å². The van der Waals surface area contributed by atoms with E-state index in [9.17, 15) is 26.7 Å². The zero-order valence-electron chi connectivity index (χ0n) is 8.27. The van der Waals surface area contributed by atoms with E-state index < -0.39 is 35.5 Å². The summed E-state index contributed by atoms with van der Waals surface area (Å²) in [5.41, 5.74) is -2.21. The number of hydrogen-bond donors (Lipinski definition) is 1. The van der Waals surface area contributed by atoms with Crippen LogP contribution in [0.25, 0.3) is 0 Å². The number of aromatic amines is 1. The van der Waals surface area contributed by atoms with Gasteiger partial charge in [0.1, 0.15) is 0 Å². The summed E-state index contributed by atoms with van der Waals surface area (Å²) < 4.78 is 68.0. The Morgan fingerprint density at radius 1 is 1.35 bits per heavy atom. The molecule has 96 valence electrons. The minimum Gasteiger partial charge on any atom is -0.480 e. The topological polar surface area (TPSA) is 51.3 Å². The fourth-order valence-electron chi connectivity index (χ4n) is 1.02. The van der Waals surface area contributed by atoms with Gasteiger partial charge in [-0.3, -0.25) is 4.79 Å². The first-order chi connectivity index (χ1) is 7.74. The molecule has 1 rings (SSSR count). The van der Waals surface area contributed by atoms with Crippen LogP contribution < -0.4 is 14.9 Å². The number of hydrogen-bond acceptors (Lipinski definition) is 3. The van der Waals surface area contributed by atoms with E-state index in [-0.39, 0.29) is 0 Å². The van der Waals surface area contributed by atoms with Crippen molar-refractivity contribution in [2.75, 3.05) is 7.11 Å². The van der Waals surface area contributed by atoms with Gasteiger partial charge in [0.05, 0.1) is 12.8 Å². The van der Waals surface area contributed by atoms with Gasteiger partial charge in [0.2, 0.25) is 17.1 Å². The second-order valence-corrected chi connectivity index (χ2v) is 2.80. The first-order valence-corrected chi connectivity index (χ1v) is 4.09. The van der Waals surface area contributed by atoms with Crippen LogP contribution in [0.4, 0.5) is 22.0 Å². The Morgan fingerprint density at radius 3 is 2.35 bits per heavy atom. The third-order valence-electron chi connectivity index (χ3n) is 1.63. The van der Waals surface area contributed by atoms with E-state index in [1.54, 1.807) is 0 Å². The number of nitrogens with one attached hydrogen (secondary N) is 1. The number of methoxy groups -OCH3 is 1. The molecule has 0 amide bonds. The maximum absolute atomic E-state index is 12.2. The molecule has 0 aromatic carbocycles. The van der Waals surface area contributed by atoms with Crippen molar-refractivity contribution in [3.63, 3.8) is 0 Å². The quantitative estimate of drug-likeness (QED) is 0.847. The summed E-state index contributed by atoms with van der Waals surface area (Å²) >= 11 is 0. The molecule has 0 saturated carbocycles. The standard InChI is InChI=1S/C8H6F5NO3/c1-16-7-5(17-8(11,12)13)4(15)2-3(14-7)6(9)10/h2,6H,1H3,(H,14,15). The van der Waals surface area contributed by atoms with Crippen molar-refractivity contribution < 1.29 is 31.4 Å². The fraction of sp³-hybridized carbons (Fsp3) is 0.375. The van der Waals surface area contributed by atoms with Gasteiger partial charge in [0.15, 0.2) is 0 Å². The maximum atomic E-state index is 12.2. The highest BCUT2D eigenvalue weighted by Gasteiger charge is 2.34. The third kappa shape index (κ3) is 3.33. The van der Waals surface area contributed by atoms with Crippen LogP contribution in [-0.2, 0) is 0 Å². The first-order valence-electron chi connectivity index (χ1n) is 4.09. The highest BCUT2D eigenvalue weighted by molar-refractivity contribution is 5.35. The highest BCUT2D eigenvalue weighted by Crippen LogP contribution is 2.28. The van der Waals surface area contributed by atoms with E-state index in [1.165, 1.54) is 0 Å². The number of rotatable bonds is 3. The predicted molar refractivity (Wildman–Crippen MR) is 45.3 cm³/mol. The minimum absolute atomic E-state index is 0.314. The molecule has 1 N–H and O–H groups in total. The van der Waals surface area contributed by atoms with Crippen molar-refractivity contribution in [2.24, 2.45) is 0 Å². The molecule has 0 atom stereocenters. The average Bonchev–Trinajstić information content (AvgIpc) is 2.18. The summed E-state index contributed by atoms with van der Waals surface area (Å²) in [5.74, 6) is -2.03. The summed E-state index contributed by atoms with van der Waals surface area (Å²) in [6.45, 7) is 0. The van der Waals surface area contributed by atoms with Gasteiger partial charge in [-0.05, 0) is 0 Å². The van der Waals surface area contributed by atoms with Crippen LogP contribution >= 0.6 is 0 Å². The van der Waals surface area contributed by atoms with Crippen LogP contribution in [0.15, 0.2) is 10.9 Å². The maximum Gasteiger partial charge on any atom is 0.573 e. The molecule has 0 aliphatic carbocycles. The van der Waals surface area contributed by atoms with Gasteiger partial charge in [0, 0.05) is 6.07 Å². The third-order valence-corrected chi connectivity index (χ3v) is 1.63. The van der Waals surface area contributed by atoms with Crippen molar-refractivity contribution in [1.29, 1.82) is 0 Å². The van der Waals surface area contributed by atoms with Gasteiger partial charge < -0.3 is 14.5 Å². The Bertz CT molecular complexity index is 453. The van der Waals surface area contributed by atoms with Crippen molar-refractivity contribution in [1.82, 2.24) is 4.98 Å². The number of ether oxygens (including phenoxy) is 2. The molecular weight excluding hydrogens is 253 g/mol. The van der Waals surface area contributed by atoms with Crippen molar-refractivity contribution >= 4 is 0 Å². The molecule has 0 bridgehead atoms. The lowest BCUT2D eigenvalue weighted by Crippen LogP contribution is -2.23. The minimum atomic E-state index is -5.12. The van der Waals surface area contributed by atoms with Gasteiger partial charge in [0.25, 0.3) is 6.43 Å². The second-order valence-electron chi connectivity index (χ2n) is 2.80. The lowest BCUT2D eigenvalue weighted by atomic mass is 10.3. The lowest BCUT2D eigenvalue weighted by Gasteiger charge is -2.12. The molecule has 0 radical (unpaired) electrons. The Morgan fingerprint density at radius 2 is 1.94 bits per heavy atom. The van der Waals surface area contributed by atoms with Gasteiger partial charge in [-0.25, -0.2) is 8.78 Å². The number of halogens is 5. The number of aromatic nitrogens is 1. The van der Waals surface area contributed by atoms with Crippen LogP contribution in [0.5, 0.6) is 11.6 Å². The molecular formula is C8H6F5NO3. The zero-order chi connectivity index (χ0) is 13.2. The molecule has 0 fully saturated rings. The summed E-state index contributed by atoms with van der Waals surface area (Å²) in [4.78, 5) is 13.0. The van der Waals surface area contributed by atoms with Crippen molar-refractivity contribution in [3.05, 3.63) is 22.0 Å². The van der Waals surface area contributed by atoms with Gasteiger partial charge in [-0.1, -0.05) is 0 Å². The van der Waals surface area contributed by atoms with Gasteiger partial charge >= 0.3 is 6.36 Å². The van der Waals surface area contributed by atoms with E-state index in [0.717, 1.165) is 7.11 Å². The second kappa shape index (κ2) is 4.60. The number of pyridine rings is 1. The molecule has 1 aromatic heterocycles. The first kappa shape index (κ1) is 13.3. The fourth-order valence-corrected chi connectivity index (χ4v) is 1.02. The van der Waals surface area contributed by atoms with E-state index in [1.807, 2.05) is 4.98 Å². The van der Waals surface area contributed by atoms with Crippen LogP contribution in [0, 0.1) is 0 Å². The molecule has 0 aliphatic heterocycles. The van der Waals surface area contributed by atoms with Gasteiger partial charge in [-0.2, -0.15) is 0 Å². The highest BCUT2D eigenvalue weighted by atomic mass is 19.4. The van der Waals surface area contributed by atoms with Crippen LogP contribution in [0.1, 0.15) is 12.1 Å². The summed E-state index contributed by atoms with van der Waals surface area (Å²) in [5, 5.41) is 0. The van der Waals surface area contributed by atoms with E-state index >= 15 is 0 Å². The molecule has 0 saturated heterocycles. The molecule has 0 unspecified atom stereocenters. The lowest BCUT2D eigenvalue weighted by molar-refractivity contribution is -0.275. The molecule has 0 spiro atoms. The Kier molecular flexibility index (Phi) is 3.59. The molecule has 4 nitrogen and oxygen atoms in total. The molecule has 9 heteroatoms. The van der Waals surface area contributed by atoms with Crippen molar-refractivity contribution in [3.8, 4) is 11.6 Å². The summed E-state index contributed by atoms with van der Waals surface area (Å²) in [6, 6.07) is 0.314. The molecule has 1 aromatic rings. The molecule has 17 heavy (non-hydrogen) atoms. The Labute approximate surface area is 91.0 Å². The van der Waals surface area contributed by atoms with E-state index in [0.29, 0.717) is 6.07 Å². The van der Waals surface area contributed by atoms with Gasteiger partial charge in [-0.15, -0.1) is 13.2 Å². The number of H-pyrrole nitrogens is 1. The summed E-state index contributed by atoms with van der Waals surface area (Å²) in [6.07, 6.45) is -8.16. The average molecular weight is 259 g/mol. The monoisotopic (exact) mass is 259 g/mol.